The maximum atomic E-state index is 12.5. The molecule has 1 heterocycles. The molecule has 4 nitrogen and oxygen atoms in total. The van der Waals surface area contributed by atoms with Crippen LogP contribution in [0.25, 0.3) is 10.9 Å². The van der Waals surface area contributed by atoms with E-state index in [1.807, 2.05) is 55.1 Å². The number of amides is 1. The Morgan fingerprint density at radius 1 is 1.29 bits per heavy atom. The second-order valence-corrected chi connectivity index (χ2v) is 6.22. The minimum absolute atomic E-state index is 0.0913. The Morgan fingerprint density at radius 3 is 2.79 bits per heavy atom. The Hall–Kier alpha value is -2.46. The first-order chi connectivity index (χ1) is 11.5. The molecule has 0 spiro atoms. The van der Waals surface area contributed by atoms with Crippen molar-refractivity contribution in [1.29, 1.82) is 0 Å². The monoisotopic (exact) mass is 342 g/mol. The van der Waals surface area contributed by atoms with Crippen molar-refractivity contribution in [3.05, 3.63) is 58.7 Å². The number of aryl methyl sites for hydroxylation is 2. The molecule has 0 saturated carbocycles. The number of carbonyl (C=O) groups excluding carboxylic acids is 1. The number of halogens is 1. The van der Waals surface area contributed by atoms with Crippen molar-refractivity contribution in [1.82, 2.24) is 4.57 Å². The number of hydrogen-bond donors (Lipinski definition) is 1. The molecule has 1 N–H and O–H groups in total. The number of carbonyl (C=O) groups is 1. The van der Waals surface area contributed by atoms with E-state index in [9.17, 15) is 4.79 Å². The van der Waals surface area contributed by atoms with Crippen molar-refractivity contribution >= 4 is 34.1 Å². The van der Waals surface area contributed by atoms with Crippen LogP contribution in [0.4, 0.5) is 5.69 Å². The lowest BCUT2D eigenvalue weighted by atomic mass is 10.1. The fraction of sp³-hybridized carbons (Fsp3) is 0.211. The number of benzene rings is 2. The summed E-state index contributed by atoms with van der Waals surface area (Å²) in [7, 11) is 3.54. The van der Waals surface area contributed by atoms with Gasteiger partial charge < -0.3 is 14.6 Å². The fourth-order valence-corrected chi connectivity index (χ4v) is 3.02. The van der Waals surface area contributed by atoms with Crippen LogP contribution < -0.4 is 10.1 Å². The van der Waals surface area contributed by atoms with Crippen molar-refractivity contribution in [2.75, 3.05) is 12.4 Å². The van der Waals surface area contributed by atoms with Crippen molar-refractivity contribution in [3.63, 3.8) is 0 Å². The van der Waals surface area contributed by atoms with E-state index in [1.54, 1.807) is 13.2 Å². The van der Waals surface area contributed by atoms with Gasteiger partial charge in [0.15, 0.2) is 0 Å². The van der Waals surface area contributed by atoms with Crippen LogP contribution in [0.15, 0.2) is 42.6 Å². The molecule has 1 aromatic heterocycles. The zero-order chi connectivity index (χ0) is 17.3. The molecule has 0 radical (unpaired) electrons. The normalized spacial score (nSPS) is 10.8. The van der Waals surface area contributed by atoms with E-state index in [0.717, 1.165) is 22.0 Å². The third-order valence-corrected chi connectivity index (χ3v) is 4.49. The molecule has 0 fully saturated rings. The Morgan fingerprint density at radius 2 is 2.04 bits per heavy atom. The van der Waals surface area contributed by atoms with Gasteiger partial charge in [-0.25, -0.2) is 0 Å². The zero-order valence-corrected chi connectivity index (χ0v) is 14.6. The average molecular weight is 343 g/mol. The number of nitrogens with zero attached hydrogens (tertiary/aromatic N) is 1. The van der Waals surface area contributed by atoms with Crippen LogP contribution in [-0.4, -0.2) is 17.6 Å². The Labute approximate surface area is 146 Å². The highest BCUT2D eigenvalue weighted by Crippen LogP contribution is 2.31. The lowest BCUT2D eigenvalue weighted by Crippen LogP contribution is -2.15. The van der Waals surface area contributed by atoms with Crippen LogP contribution in [0, 0.1) is 6.92 Å². The van der Waals surface area contributed by atoms with Gasteiger partial charge >= 0.3 is 0 Å². The summed E-state index contributed by atoms with van der Waals surface area (Å²) in [5.74, 6) is 0.461. The number of hydrogen-bond acceptors (Lipinski definition) is 2. The van der Waals surface area contributed by atoms with E-state index in [1.165, 1.54) is 0 Å². The van der Waals surface area contributed by atoms with E-state index in [4.69, 9.17) is 16.3 Å². The first-order valence-corrected chi connectivity index (χ1v) is 8.04. The van der Waals surface area contributed by atoms with Crippen LogP contribution >= 0.6 is 11.6 Å². The third-order valence-electron chi connectivity index (χ3n) is 4.09. The largest absolute Gasteiger partial charge is 0.495 e. The minimum Gasteiger partial charge on any atom is -0.495 e. The van der Waals surface area contributed by atoms with Crippen molar-refractivity contribution in [2.45, 2.75) is 13.3 Å². The molecule has 0 aliphatic rings. The lowest BCUT2D eigenvalue weighted by molar-refractivity contribution is -0.115. The summed E-state index contributed by atoms with van der Waals surface area (Å²) in [5, 5.41) is 4.62. The van der Waals surface area contributed by atoms with Crippen LogP contribution in [-0.2, 0) is 18.3 Å². The van der Waals surface area contributed by atoms with Gasteiger partial charge in [-0.3, -0.25) is 4.79 Å². The van der Waals surface area contributed by atoms with Gasteiger partial charge in [-0.1, -0.05) is 29.8 Å². The van der Waals surface area contributed by atoms with E-state index >= 15 is 0 Å². The number of fused-ring (bicyclic) bond motifs is 1. The Kier molecular flexibility index (Phi) is 4.49. The lowest BCUT2D eigenvalue weighted by Gasteiger charge is -2.12. The zero-order valence-electron chi connectivity index (χ0n) is 13.9. The van der Waals surface area contributed by atoms with Gasteiger partial charge in [0.05, 0.1) is 19.2 Å². The van der Waals surface area contributed by atoms with E-state index < -0.39 is 0 Å². The molecular formula is C19H19ClN2O2. The molecule has 0 unspecified atom stereocenters. The molecule has 1 amide bonds. The van der Waals surface area contributed by atoms with Gasteiger partial charge in [0, 0.05) is 35.2 Å². The molecule has 0 aliphatic heterocycles. The highest BCUT2D eigenvalue weighted by atomic mass is 35.5. The summed E-state index contributed by atoms with van der Waals surface area (Å²) in [6, 6.07) is 11.6. The molecule has 24 heavy (non-hydrogen) atoms. The number of para-hydroxylation sites is 1. The molecule has 0 atom stereocenters. The molecule has 124 valence electrons. The average Bonchev–Trinajstić information content (AvgIpc) is 2.87. The highest BCUT2D eigenvalue weighted by Gasteiger charge is 2.13. The van der Waals surface area contributed by atoms with Crippen LogP contribution in [0.3, 0.4) is 0 Å². The number of nitrogens with one attached hydrogen (secondary N) is 1. The molecule has 0 aliphatic carbocycles. The molecular weight excluding hydrogens is 324 g/mol. The maximum absolute atomic E-state index is 12.5. The highest BCUT2D eigenvalue weighted by molar-refractivity contribution is 6.31. The Bertz CT molecular complexity index is 915. The van der Waals surface area contributed by atoms with Crippen LogP contribution in [0.1, 0.15) is 11.1 Å². The van der Waals surface area contributed by atoms with Gasteiger partial charge in [-0.05, 0) is 30.2 Å². The number of anilines is 1. The number of aromatic nitrogens is 1. The summed E-state index contributed by atoms with van der Waals surface area (Å²) in [6.07, 6.45) is 2.29. The molecule has 3 rings (SSSR count). The predicted molar refractivity (Wildman–Crippen MR) is 98.0 cm³/mol. The third kappa shape index (κ3) is 3.10. The quantitative estimate of drug-likeness (QED) is 0.766. The number of rotatable bonds is 4. The second-order valence-electron chi connectivity index (χ2n) is 5.81. The second kappa shape index (κ2) is 6.57. The SMILES string of the molecule is COc1cc(Cl)c(C)cc1NC(=O)Cc1cn(C)c2ccccc12. The number of ether oxygens (including phenoxy) is 1. The van der Waals surface area contributed by atoms with Gasteiger partial charge in [-0.2, -0.15) is 0 Å². The van der Waals surface area contributed by atoms with Gasteiger partial charge in [0.2, 0.25) is 5.91 Å². The van der Waals surface area contributed by atoms with Crippen LogP contribution in [0.2, 0.25) is 5.02 Å². The Balaban J connectivity index is 1.84. The fourth-order valence-electron chi connectivity index (χ4n) is 2.86. The van der Waals surface area contributed by atoms with E-state index in [-0.39, 0.29) is 5.91 Å². The van der Waals surface area contributed by atoms with Gasteiger partial charge in [0.1, 0.15) is 5.75 Å². The first-order valence-electron chi connectivity index (χ1n) is 7.66. The summed E-state index contributed by atoms with van der Waals surface area (Å²) >= 11 is 6.10. The van der Waals surface area contributed by atoms with Crippen molar-refractivity contribution in [3.8, 4) is 5.75 Å². The molecule has 2 aromatic carbocycles. The number of methoxy groups -OCH3 is 1. The van der Waals surface area contributed by atoms with E-state index in [0.29, 0.717) is 22.9 Å². The van der Waals surface area contributed by atoms with Gasteiger partial charge in [0.25, 0.3) is 0 Å². The molecule has 0 bridgehead atoms. The maximum Gasteiger partial charge on any atom is 0.228 e. The molecule has 0 saturated heterocycles. The molecule has 5 heteroatoms. The topological polar surface area (TPSA) is 43.3 Å². The predicted octanol–water partition coefficient (Wildman–Crippen LogP) is 4.33. The summed E-state index contributed by atoms with van der Waals surface area (Å²) in [6.45, 7) is 1.89. The van der Waals surface area contributed by atoms with Crippen LogP contribution in [0.5, 0.6) is 5.75 Å². The standard InChI is InChI=1S/C19H19ClN2O2/c1-12-8-16(18(24-3)10-15(12)20)21-19(23)9-13-11-22(2)17-7-5-4-6-14(13)17/h4-8,10-11H,9H2,1-3H3,(H,21,23). The van der Waals surface area contributed by atoms with E-state index in [2.05, 4.69) is 5.32 Å². The van der Waals surface area contributed by atoms with Crippen molar-refractivity contribution < 1.29 is 9.53 Å². The smallest absolute Gasteiger partial charge is 0.228 e. The summed E-state index contributed by atoms with van der Waals surface area (Å²) < 4.78 is 7.34. The minimum atomic E-state index is -0.0913. The summed E-state index contributed by atoms with van der Waals surface area (Å²) in [5.41, 5.74) is 3.62. The first kappa shape index (κ1) is 16.4. The van der Waals surface area contributed by atoms with Crippen molar-refractivity contribution in [2.24, 2.45) is 7.05 Å². The van der Waals surface area contributed by atoms with Gasteiger partial charge in [-0.15, -0.1) is 0 Å². The molecule has 3 aromatic rings. The summed E-state index contributed by atoms with van der Waals surface area (Å²) in [4.78, 5) is 12.5.